The molecule has 22 heavy (non-hydrogen) atoms. The van der Waals surface area contributed by atoms with Crippen LogP contribution in [-0.4, -0.2) is 43.7 Å². The van der Waals surface area contributed by atoms with Gasteiger partial charge < -0.3 is 10.2 Å². The zero-order chi connectivity index (χ0) is 15.2. The van der Waals surface area contributed by atoms with Gasteiger partial charge in [-0.25, -0.2) is 0 Å². The summed E-state index contributed by atoms with van der Waals surface area (Å²) in [6.07, 6.45) is 8.36. The maximum atomic E-state index is 3.45. The summed E-state index contributed by atoms with van der Waals surface area (Å²) in [7, 11) is 0. The number of nitrogens with one attached hydrogen (secondary N) is 1. The summed E-state index contributed by atoms with van der Waals surface area (Å²) < 4.78 is 0. The van der Waals surface area contributed by atoms with Gasteiger partial charge in [0.25, 0.3) is 0 Å². The molecule has 1 aromatic carbocycles. The molecule has 2 aliphatic rings. The monoisotopic (exact) mass is 301 g/mol. The molecule has 1 heterocycles. The van der Waals surface area contributed by atoms with E-state index >= 15 is 0 Å². The topological polar surface area (TPSA) is 18.5 Å². The highest BCUT2D eigenvalue weighted by Crippen LogP contribution is 2.25. The van der Waals surface area contributed by atoms with Crippen LogP contribution in [0.25, 0.3) is 0 Å². The third kappa shape index (κ3) is 3.95. The second kappa shape index (κ2) is 7.87. The van der Waals surface area contributed by atoms with Gasteiger partial charge in [0.05, 0.1) is 0 Å². The first-order valence-corrected chi connectivity index (χ1v) is 9.20. The largest absolute Gasteiger partial charge is 0.385 e. The number of benzene rings is 1. The second-order valence-electron chi connectivity index (χ2n) is 6.79. The molecule has 1 N–H and O–H groups in total. The van der Waals surface area contributed by atoms with Crippen molar-refractivity contribution in [2.75, 3.05) is 42.9 Å². The lowest BCUT2D eigenvalue weighted by Crippen LogP contribution is -2.50. The van der Waals surface area contributed by atoms with Gasteiger partial charge in [0.15, 0.2) is 0 Å². The van der Waals surface area contributed by atoms with Gasteiger partial charge in [-0.15, -0.1) is 0 Å². The number of hydrogen-bond donors (Lipinski definition) is 1. The number of nitrogens with zero attached hydrogens (tertiary/aromatic N) is 2. The van der Waals surface area contributed by atoms with Gasteiger partial charge in [-0.1, -0.05) is 26.2 Å². The molecule has 0 bridgehead atoms. The molecule has 3 rings (SSSR count). The first kappa shape index (κ1) is 15.7. The van der Waals surface area contributed by atoms with E-state index in [9.17, 15) is 0 Å². The van der Waals surface area contributed by atoms with Crippen LogP contribution in [0.1, 0.15) is 45.4 Å². The fourth-order valence-electron chi connectivity index (χ4n) is 3.85. The highest BCUT2D eigenvalue weighted by Gasteiger charge is 2.25. The highest BCUT2D eigenvalue weighted by molar-refractivity contribution is 5.55. The van der Waals surface area contributed by atoms with Crippen LogP contribution in [0.15, 0.2) is 24.3 Å². The minimum Gasteiger partial charge on any atom is -0.385 e. The first-order chi connectivity index (χ1) is 10.9. The summed E-state index contributed by atoms with van der Waals surface area (Å²) >= 11 is 0. The van der Waals surface area contributed by atoms with E-state index in [4.69, 9.17) is 0 Å². The van der Waals surface area contributed by atoms with E-state index in [1.807, 2.05) is 0 Å². The summed E-state index contributed by atoms with van der Waals surface area (Å²) in [6, 6.07) is 9.86. The van der Waals surface area contributed by atoms with Crippen LogP contribution in [0, 0.1) is 0 Å². The molecule has 0 amide bonds. The number of rotatable bonds is 5. The van der Waals surface area contributed by atoms with Crippen molar-refractivity contribution < 1.29 is 0 Å². The van der Waals surface area contributed by atoms with Crippen LogP contribution >= 0.6 is 0 Å². The lowest BCUT2D eigenvalue weighted by Gasteiger charge is -2.41. The molecule has 2 fully saturated rings. The van der Waals surface area contributed by atoms with E-state index in [0.29, 0.717) is 0 Å². The molecular formula is C19H31N3. The average molecular weight is 301 g/mol. The van der Waals surface area contributed by atoms with Gasteiger partial charge in [-0.05, 0) is 43.5 Å². The fourth-order valence-corrected chi connectivity index (χ4v) is 3.85. The molecule has 0 atom stereocenters. The number of anilines is 2. The van der Waals surface area contributed by atoms with Crippen molar-refractivity contribution in [3.8, 4) is 0 Å². The van der Waals surface area contributed by atoms with Gasteiger partial charge in [0.2, 0.25) is 0 Å². The molecule has 1 aromatic rings. The van der Waals surface area contributed by atoms with Gasteiger partial charge in [-0.3, -0.25) is 4.90 Å². The minimum absolute atomic E-state index is 0.872. The van der Waals surface area contributed by atoms with Crippen molar-refractivity contribution in [1.29, 1.82) is 0 Å². The molecule has 0 aromatic heterocycles. The summed E-state index contributed by atoms with van der Waals surface area (Å²) in [6.45, 7) is 8.09. The highest BCUT2D eigenvalue weighted by atomic mass is 15.3. The van der Waals surface area contributed by atoms with Crippen molar-refractivity contribution in [2.24, 2.45) is 0 Å². The molecule has 3 heteroatoms. The Hall–Kier alpha value is -1.22. The average Bonchev–Trinajstić information content (AvgIpc) is 2.61. The van der Waals surface area contributed by atoms with Crippen LogP contribution in [0.4, 0.5) is 11.4 Å². The fraction of sp³-hybridized carbons (Fsp3) is 0.684. The summed E-state index contributed by atoms with van der Waals surface area (Å²) in [5.74, 6) is 0. The van der Waals surface area contributed by atoms with E-state index in [2.05, 4.69) is 46.3 Å². The third-order valence-corrected chi connectivity index (χ3v) is 5.22. The number of hydrogen-bond acceptors (Lipinski definition) is 3. The predicted octanol–water partition coefficient (Wildman–Crippen LogP) is 3.96. The van der Waals surface area contributed by atoms with Crippen LogP contribution in [0.5, 0.6) is 0 Å². The lowest BCUT2D eigenvalue weighted by molar-refractivity contribution is 0.148. The molecule has 1 saturated carbocycles. The van der Waals surface area contributed by atoms with Gasteiger partial charge in [0, 0.05) is 50.1 Å². The summed E-state index contributed by atoms with van der Waals surface area (Å²) in [4.78, 5) is 5.29. The Morgan fingerprint density at radius 3 is 2.27 bits per heavy atom. The smallest absolute Gasteiger partial charge is 0.0368 e. The first-order valence-electron chi connectivity index (χ1n) is 9.20. The molecule has 1 aliphatic heterocycles. The van der Waals surface area contributed by atoms with Crippen LogP contribution in [0.3, 0.4) is 0 Å². The SMILES string of the molecule is CCCNc1ccc(N2CCN(C3CCCCC3)CC2)cc1. The standard InChI is InChI=1S/C19H31N3/c1-2-12-20-17-8-10-19(11-9-17)22-15-13-21(14-16-22)18-6-4-3-5-7-18/h8-11,18,20H,2-7,12-16H2,1H3. The van der Waals surface area contributed by atoms with E-state index in [1.54, 1.807) is 0 Å². The van der Waals surface area contributed by atoms with E-state index in [1.165, 1.54) is 76.1 Å². The van der Waals surface area contributed by atoms with E-state index < -0.39 is 0 Å². The van der Waals surface area contributed by atoms with Crippen molar-refractivity contribution in [3.63, 3.8) is 0 Å². The maximum absolute atomic E-state index is 3.45. The van der Waals surface area contributed by atoms with Crippen molar-refractivity contribution >= 4 is 11.4 Å². The zero-order valence-corrected chi connectivity index (χ0v) is 14.1. The molecule has 0 radical (unpaired) electrons. The molecular weight excluding hydrogens is 270 g/mol. The Bertz CT molecular complexity index is 428. The van der Waals surface area contributed by atoms with Gasteiger partial charge >= 0.3 is 0 Å². The number of piperazine rings is 1. The van der Waals surface area contributed by atoms with Gasteiger partial charge in [-0.2, -0.15) is 0 Å². The zero-order valence-electron chi connectivity index (χ0n) is 14.1. The van der Waals surface area contributed by atoms with E-state index in [0.717, 1.165) is 12.6 Å². The molecule has 122 valence electrons. The predicted molar refractivity (Wildman–Crippen MR) is 95.9 cm³/mol. The Balaban J connectivity index is 1.50. The molecule has 1 aliphatic carbocycles. The summed E-state index contributed by atoms with van der Waals surface area (Å²) in [5, 5.41) is 3.45. The quantitative estimate of drug-likeness (QED) is 0.888. The van der Waals surface area contributed by atoms with Crippen molar-refractivity contribution in [3.05, 3.63) is 24.3 Å². The minimum atomic E-state index is 0.872. The molecule has 3 nitrogen and oxygen atoms in total. The van der Waals surface area contributed by atoms with Crippen molar-refractivity contribution in [2.45, 2.75) is 51.5 Å². The normalized spacial score (nSPS) is 21.0. The van der Waals surface area contributed by atoms with E-state index in [-0.39, 0.29) is 0 Å². The van der Waals surface area contributed by atoms with Crippen LogP contribution in [-0.2, 0) is 0 Å². The lowest BCUT2D eigenvalue weighted by atomic mass is 9.94. The van der Waals surface area contributed by atoms with Crippen LogP contribution in [0.2, 0.25) is 0 Å². The van der Waals surface area contributed by atoms with Gasteiger partial charge in [0.1, 0.15) is 0 Å². The third-order valence-electron chi connectivity index (χ3n) is 5.22. The molecule has 1 saturated heterocycles. The molecule has 0 spiro atoms. The molecule has 0 unspecified atom stereocenters. The summed E-state index contributed by atoms with van der Waals surface area (Å²) in [5.41, 5.74) is 2.62. The Labute approximate surface area is 135 Å². The Morgan fingerprint density at radius 1 is 0.955 bits per heavy atom. The van der Waals surface area contributed by atoms with Crippen molar-refractivity contribution in [1.82, 2.24) is 4.90 Å². The van der Waals surface area contributed by atoms with Crippen LogP contribution < -0.4 is 10.2 Å². The Kier molecular flexibility index (Phi) is 5.60. The maximum Gasteiger partial charge on any atom is 0.0368 e. The Morgan fingerprint density at radius 2 is 1.64 bits per heavy atom. The second-order valence-corrected chi connectivity index (χ2v) is 6.79.